The van der Waals surface area contributed by atoms with Gasteiger partial charge in [0.2, 0.25) is 0 Å². The zero-order chi connectivity index (χ0) is 12.2. The lowest BCUT2D eigenvalue weighted by Crippen LogP contribution is -2.03. The van der Waals surface area contributed by atoms with Crippen LogP contribution in [-0.4, -0.2) is 0 Å². The van der Waals surface area contributed by atoms with Gasteiger partial charge >= 0.3 is 0 Å². The molecular formula is C18H20. The van der Waals surface area contributed by atoms with Gasteiger partial charge in [-0.15, -0.1) is 0 Å². The first kappa shape index (κ1) is 11.5. The molecule has 2 aliphatic rings. The molecule has 0 heteroatoms. The van der Waals surface area contributed by atoms with Crippen LogP contribution in [0, 0.1) is 5.92 Å². The Labute approximate surface area is 110 Å². The molecule has 0 amide bonds. The summed E-state index contributed by atoms with van der Waals surface area (Å²) in [5, 5.41) is 0. The van der Waals surface area contributed by atoms with Gasteiger partial charge in [-0.3, -0.25) is 0 Å². The third kappa shape index (κ3) is 2.64. The fourth-order valence-corrected chi connectivity index (χ4v) is 2.95. The van der Waals surface area contributed by atoms with Crippen LogP contribution in [0.1, 0.15) is 37.7 Å². The van der Waals surface area contributed by atoms with Gasteiger partial charge in [0.15, 0.2) is 0 Å². The summed E-state index contributed by atoms with van der Waals surface area (Å²) in [6, 6.07) is 10.6. The van der Waals surface area contributed by atoms with Crippen molar-refractivity contribution in [1.82, 2.24) is 0 Å². The second-order valence-electron chi connectivity index (χ2n) is 5.36. The van der Waals surface area contributed by atoms with E-state index in [0.29, 0.717) is 0 Å². The lowest BCUT2D eigenvalue weighted by Gasteiger charge is -2.18. The third-order valence-corrected chi connectivity index (χ3v) is 3.96. The minimum atomic E-state index is 0.810. The second kappa shape index (κ2) is 5.39. The van der Waals surface area contributed by atoms with E-state index in [1.165, 1.54) is 48.8 Å². The number of rotatable bonds is 2. The number of benzene rings is 1. The zero-order valence-electron chi connectivity index (χ0n) is 10.8. The van der Waals surface area contributed by atoms with Gasteiger partial charge in [-0.1, -0.05) is 67.8 Å². The maximum absolute atomic E-state index is 2.48. The summed E-state index contributed by atoms with van der Waals surface area (Å²) < 4.78 is 0. The van der Waals surface area contributed by atoms with Crippen LogP contribution in [0.2, 0.25) is 0 Å². The maximum atomic E-state index is 2.48. The monoisotopic (exact) mass is 236 g/mol. The SMILES string of the molecule is C1=CC(c2ccccc2)=CC1=CC1CCCCC1. The van der Waals surface area contributed by atoms with Crippen LogP contribution in [0.15, 0.2) is 60.2 Å². The van der Waals surface area contributed by atoms with Crippen LogP contribution >= 0.6 is 0 Å². The van der Waals surface area contributed by atoms with E-state index < -0.39 is 0 Å². The Hall–Kier alpha value is -1.56. The molecule has 2 aliphatic carbocycles. The first-order valence-corrected chi connectivity index (χ1v) is 7.09. The van der Waals surface area contributed by atoms with Crippen molar-refractivity contribution in [3.05, 3.63) is 65.8 Å². The first-order chi connectivity index (χ1) is 8.92. The molecule has 0 nitrogen and oxygen atoms in total. The molecular weight excluding hydrogens is 216 g/mol. The first-order valence-electron chi connectivity index (χ1n) is 7.09. The van der Waals surface area contributed by atoms with Gasteiger partial charge in [-0.2, -0.15) is 0 Å². The molecule has 0 saturated heterocycles. The Balaban J connectivity index is 1.75. The fourth-order valence-electron chi connectivity index (χ4n) is 2.95. The van der Waals surface area contributed by atoms with Crippen molar-refractivity contribution in [1.29, 1.82) is 0 Å². The number of hydrogen-bond acceptors (Lipinski definition) is 0. The standard InChI is InChI=1S/C18H20/c1-3-7-15(8-4-1)13-16-11-12-18(14-16)17-9-5-2-6-10-17/h2,5-6,9-15H,1,3-4,7-8H2. The Bertz CT molecular complexity index is 482. The molecule has 3 rings (SSSR count). The molecule has 0 N–H and O–H groups in total. The fraction of sp³-hybridized carbons (Fsp3) is 0.333. The average molecular weight is 236 g/mol. The van der Waals surface area contributed by atoms with Gasteiger partial charge in [0.1, 0.15) is 0 Å². The Kier molecular flexibility index (Phi) is 3.45. The van der Waals surface area contributed by atoms with Crippen LogP contribution in [0.3, 0.4) is 0 Å². The van der Waals surface area contributed by atoms with Crippen LogP contribution in [-0.2, 0) is 0 Å². The normalized spacial score (nSPS) is 22.4. The van der Waals surface area contributed by atoms with Crippen molar-refractivity contribution in [2.24, 2.45) is 5.92 Å². The molecule has 92 valence electrons. The molecule has 1 fully saturated rings. The Morgan fingerprint density at radius 3 is 2.44 bits per heavy atom. The van der Waals surface area contributed by atoms with E-state index in [1.54, 1.807) is 0 Å². The van der Waals surface area contributed by atoms with Crippen LogP contribution in [0.4, 0.5) is 0 Å². The zero-order valence-corrected chi connectivity index (χ0v) is 10.8. The Morgan fingerprint density at radius 2 is 1.67 bits per heavy atom. The molecule has 0 bridgehead atoms. The van der Waals surface area contributed by atoms with Crippen molar-refractivity contribution in [3.8, 4) is 0 Å². The number of allylic oxidation sites excluding steroid dienone is 6. The van der Waals surface area contributed by atoms with Gasteiger partial charge in [0.05, 0.1) is 0 Å². The molecule has 18 heavy (non-hydrogen) atoms. The van der Waals surface area contributed by atoms with Crippen LogP contribution in [0.5, 0.6) is 0 Å². The van der Waals surface area contributed by atoms with Gasteiger partial charge in [0.25, 0.3) is 0 Å². The van der Waals surface area contributed by atoms with E-state index in [1.807, 2.05) is 0 Å². The summed E-state index contributed by atoms with van der Waals surface area (Å²) in [6.45, 7) is 0. The lowest BCUT2D eigenvalue weighted by molar-refractivity contribution is 0.419. The molecule has 0 spiro atoms. The van der Waals surface area contributed by atoms with Gasteiger partial charge in [0, 0.05) is 0 Å². The highest BCUT2D eigenvalue weighted by Gasteiger charge is 2.12. The minimum absolute atomic E-state index is 0.810. The van der Waals surface area contributed by atoms with E-state index in [4.69, 9.17) is 0 Å². The maximum Gasteiger partial charge on any atom is -0.0178 e. The molecule has 0 unspecified atom stereocenters. The van der Waals surface area contributed by atoms with E-state index in [0.717, 1.165) is 5.92 Å². The van der Waals surface area contributed by atoms with Gasteiger partial charge < -0.3 is 0 Å². The lowest BCUT2D eigenvalue weighted by atomic mass is 9.88. The summed E-state index contributed by atoms with van der Waals surface area (Å²) in [5.41, 5.74) is 4.07. The molecule has 1 aromatic carbocycles. The summed E-state index contributed by atoms with van der Waals surface area (Å²) in [7, 11) is 0. The highest BCUT2D eigenvalue weighted by atomic mass is 14.2. The molecule has 1 saturated carbocycles. The summed E-state index contributed by atoms with van der Waals surface area (Å²) in [5.74, 6) is 0.810. The van der Waals surface area contributed by atoms with E-state index in [2.05, 4.69) is 54.6 Å². The van der Waals surface area contributed by atoms with Gasteiger partial charge in [-0.25, -0.2) is 0 Å². The number of hydrogen-bond donors (Lipinski definition) is 0. The van der Waals surface area contributed by atoms with Crippen molar-refractivity contribution < 1.29 is 0 Å². The molecule has 0 radical (unpaired) electrons. The molecule has 0 atom stereocenters. The van der Waals surface area contributed by atoms with Crippen molar-refractivity contribution >= 4 is 5.57 Å². The average Bonchev–Trinajstić information content (AvgIpc) is 2.89. The summed E-state index contributed by atoms with van der Waals surface area (Å²) >= 11 is 0. The molecule has 0 heterocycles. The van der Waals surface area contributed by atoms with Crippen molar-refractivity contribution in [2.75, 3.05) is 0 Å². The van der Waals surface area contributed by atoms with Crippen molar-refractivity contribution in [3.63, 3.8) is 0 Å². The predicted molar refractivity (Wildman–Crippen MR) is 78.2 cm³/mol. The van der Waals surface area contributed by atoms with Crippen molar-refractivity contribution in [2.45, 2.75) is 32.1 Å². The summed E-state index contributed by atoms with van der Waals surface area (Å²) in [4.78, 5) is 0. The minimum Gasteiger partial charge on any atom is -0.0741 e. The highest BCUT2D eigenvalue weighted by molar-refractivity contribution is 5.81. The molecule has 0 aromatic heterocycles. The van der Waals surface area contributed by atoms with Crippen LogP contribution in [0.25, 0.3) is 5.57 Å². The predicted octanol–water partition coefficient (Wildman–Crippen LogP) is 5.15. The van der Waals surface area contributed by atoms with Crippen LogP contribution < -0.4 is 0 Å². The molecule has 0 aliphatic heterocycles. The largest absolute Gasteiger partial charge is 0.0741 e. The van der Waals surface area contributed by atoms with E-state index in [-0.39, 0.29) is 0 Å². The topological polar surface area (TPSA) is 0 Å². The van der Waals surface area contributed by atoms with E-state index >= 15 is 0 Å². The highest BCUT2D eigenvalue weighted by Crippen LogP contribution is 2.29. The third-order valence-electron chi connectivity index (χ3n) is 3.96. The van der Waals surface area contributed by atoms with Gasteiger partial charge in [-0.05, 0) is 41.5 Å². The smallest absolute Gasteiger partial charge is 0.0178 e. The van der Waals surface area contributed by atoms with E-state index in [9.17, 15) is 0 Å². The second-order valence-corrected chi connectivity index (χ2v) is 5.36. The Morgan fingerprint density at radius 1 is 0.889 bits per heavy atom. The molecule has 1 aromatic rings. The quantitative estimate of drug-likeness (QED) is 0.666. The summed E-state index contributed by atoms with van der Waals surface area (Å²) in [6.07, 6.45) is 16.3.